The highest BCUT2D eigenvalue weighted by atomic mass is 15.1. The number of aryl methyl sites for hydroxylation is 1. The molecule has 0 bridgehead atoms. The molecular formula is C43H31N3. The fourth-order valence-electron chi connectivity index (χ4n) is 7.43. The Labute approximate surface area is 267 Å². The van der Waals surface area contributed by atoms with Crippen LogP contribution < -0.4 is 0 Å². The number of nitrogens with zero attached hydrogens (tertiary/aromatic N) is 3. The number of hydrogen-bond acceptors (Lipinski definition) is 0. The summed E-state index contributed by atoms with van der Waals surface area (Å²) in [5, 5.41) is 6.17. The molecule has 6 aromatic carbocycles. The molecule has 0 atom stereocenters. The molecule has 9 rings (SSSR count). The maximum absolute atomic E-state index is 3.99. The first-order chi connectivity index (χ1) is 22.7. The van der Waals surface area contributed by atoms with Crippen molar-refractivity contribution in [1.29, 1.82) is 0 Å². The van der Waals surface area contributed by atoms with Gasteiger partial charge in [0.25, 0.3) is 0 Å². The molecule has 46 heavy (non-hydrogen) atoms. The van der Waals surface area contributed by atoms with Crippen molar-refractivity contribution < 1.29 is 0 Å². The molecule has 0 saturated heterocycles. The second kappa shape index (κ2) is 10.3. The normalized spacial score (nSPS) is 12.0. The first kappa shape index (κ1) is 26.4. The number of rotatable bonds is 5. The minimum Gasteiger partial charge on any atom is -0.309 e. The van der Waals surface area contributed by atoms with Crippen LogP contribution >= 0.6 is 0 Å². The van der Waals surface area contributed by atoms with Crippen molar-refractivity contribution in [3.63, 3.8) is 0 Å². The molecule has 0 fully saturated rings. The molecule has 0 unspecified atom stereocenters. The molecule has 218 valence electrons. The number of para-hydroxylation sites is 5. The van der Waals surface area contributed by atoms with Gasteiger partial charge in [-0.3, -0.25) is 0 Å². The van der Waals surface area contributed by atoms with Gasteiger partial charge in [0.2, 0.25) is 0 Å². The predicted octanol–water partition coefficient (Wildman–Crippen LogP) is 11.3. The lowest BCUT2D eigenvalue weighted by molar-refractivity contribution is 1.05. The minimum absolute atomic E-state index is 1.12. The van der Waals surface area contributed by atoms with Gasteiger partial charge in [-0.2, -0.15) is 0 Å². The first-order valence-electron chi connectivity index (χ1n) is 15.8. The van der Waals surface area contributed by atoms with E-state index < -0.39 is 0 Å². The van der Waals surface area contributed by atoms with Crippen molar-refractivity contribution in [3.8, 4) is 17.1 Å². The monoisotopic (exact) mass is 589 g/mol. The van der Waals surface area contributed by atoms with Gasteiger partial charge < -0.3 is 13.7 Å². The van der Waals surface area contributed by atoms with Gasteiger partial charge in [0.15, 0.2) is 0 Å². The van der Waals surface area contributed by atoms with Crippen molar-refractivity contribution in [2.75, 3.05) is 0 Å². The third-order valence-corrected chi connectivity index (χ3v) is 9.41. The van der Waals surface area contributed by atoms with Crippen molar-refractivity contribution in [1.82, 2.24) is 13.7 Å². The van der Waals surface area contributed by atoms with Crippen LogP contribution in [0.1, 0.15) is 11.3 Å². The van der Waals surface area contributed by atoms with E-state index in [1.165, 1.54) is 60.1 Å². The lowest BCUT2D eigenvalue weighted by atomic mass is 10.1. The molecule has 0 spiro atoms. The summed E-state index contributed by atoms with van der Waals surface area (Å²) in [4.78, 5) is 0. The quantitative estimate of drug-likeness (QED) is 0.177. The average Bonchev–Trinajstić information content (AvgIpc) is 3.72. The summed E-state index contributed by atoms with van der Waals surface area (Å²) in [6.07, 6.45) is 6.08. The van der Waals surface area contributed by atoms with Gasteiger partial charge in [-0.25, -0.2) is 0 Å². The van der Waals surface area contributed by atoms with Crippen molar-refractivity contribution in [3.05, 3.63) is 170 Å². The summed E-state index contributed by atoms with van der Waals surface area (Å²) in [6, 6.07) is 50.5. The zero-order chi connectivity index (χ0) is 30.8. The molecular weight excluding hydrogens is 558 g/mol. The molecule has 3 heterocycles. The van der Waals surface area contributed by atoms with E-state index in [9.17, 15) is 0 Å². The molecule has 3 heteroatoms. The van der Waals surface area contributed by atoms with Gasteiger partial charge in [-0.15, -0.1) is 0 Å². The van der Waals surface area contributed by atoms with E-state index >= 15 is 0 Å². The fourth-order valence-corrected chi connectivity index (χ4v) is 7.43. The lowest BCUT2D eigenvalue weighted by Gasteiger charge is -2.19. The highest BCUT2D eigenvalue weighted by Gasteiger charge is 2.23. The third-order valence-electron chi connectivity index (χ3n) is 9.41. The summed E-state index contributed by atoms with van der Waals surface area (Å²) in [7, 11) is 0. The molecule has 0 saturated carbocycles. The van der Waals surface area contributed by atoms with Gasteiger partial charge in [0.1, 0.15) is 0 Å². The second-order valence-electron chi connectivity index (χ2n) is 11.9. The molecule has 0 aliphatic heterocycles. The maximum Gasteiger partial charge on any atom is 0.0724 e. The Morgan fingerprint density at radius 2 is 0.935 bits per heavy atom. The fraction of sp³-hybridized carbons (Fsp3) is 0.0233. The number of allylic oxidation sites excluding steroid dienone is 2. The maximum atomic E-state index is 3.99. The third kappa shape index (κ3) is 3.72. The van der Waals surface area contributed by atoms with E-state index in [1.54, 1.807) is 0 Å². The van der Waals surface area contributed by atoms with Crippen LogP contribution in [-0.2, 0) is 0 Å². The number of fused-ring (bicyclic) bond motifs is 7. The van der Waals surface area contributed by atoms with Crippen molar-refractivity contribution >= 4 is 60.6 Å². The Balaban J connectivity index is 1.53. The number of benzene rings is 6. The minimum atomic E-state index is 1.12. The predicted molar refractivity (Wildman–Crippen MR) is 196 cm³/mol. The van der Waals surface area contributed by atoms with E-state index in [0.29, 0.717) is 0 Å². The summed E-state index contributed by atoms with van der Waals surface area (Å²) >= 11 is 0. The Morgan fingerprint density at radius 3 is 1.54 bits per heavy atom. The highest BCUT2D eigenvalue weighted by molar-refractivity contribution is 6.13. The van der Waals surface area contributed by atoms with Gasteiger partial charge in [0, 0.05) is 38.3 Å². The number of hydrogen-bond donors (Lipinski definition) is 0. The van der Waals surface area contributed by atoms with E-state index in [4.69, 9.17) is 0 Å². The molecule has 9 aromatic rings. The zero-order valence-corrected chi connectivity index (χ0v) is 25.6. The van der Waals surface area contributed by atoms with E-state index in [0.717, 1.165) is 22.8 Å². The van der Waals surface area contributed by atoms with Crippen LogP contribution in [0.15, 0.2) is 158 Å². The summed E-state index contributed by atoms with van der Waals surface area (Å²) in [6.45, 7) is 6.22. The molecule has 3 aromatic heterocycles. The van der Waals surface area contributed by atoms with Crippen LogP contribution in [-0.4, -0.2) is 13.7 Å². The van der Waals surface area contributed by atoms with E-state index in [1.807, 2.05) is 12.2 Å². The summed E-state index contributed by atoms with van der Waals surface area (Å²) in [5.41, 5.74) is 11.7. The Bertz CT molecular complexity index is 2610. The van der Waals surface area contributed by atoms with Crippen LogP contribution in [0.2, 0.25) is 0 Å². The van der Waals surface area contributed by atoms with Crippen LogP contribution in [0.25, 0.3) is 77.7 Å². The Morgan fingerprint density at radius 1 is 0.457 bits per heavy atom. The lowest BCUT2D eigenvalue weighted by Crippen LogP contribution is -2.06. The molecule has 0 N–H and O–H groups in total. The molecule has 0 aliphatic carbocycles. The number of aromatic nitrogens is 3. The molecule has 0 aliphatic rings. The summed E-state index contributed by atoms with van der Waals surface area (Å²) < 4.78 is 7.30. The van der Waals surface area contributed by atoms with Crippen molar-refractivity contribution in [2.45, 2.75) is 6.92 Å². The van der Waals surface area contributed by atoms with E-state index in [-0.39, 0.29) is 0 Å². The van der Waals surface area contributed by atoms with Gasteiger partial charge >= 0.3 is 0 Å². The molecule has 3 nitrogen and oxygen atoms in total. The van der Waals surface area contributed by atoms with Gasteiger partial charge in [0.05, 0.1) is 39.0 Å². The Hall–Kier alpha value is -6.06. The van der Waals surface area contributed by atoms with E-state index in [2.05, 4.69) is 173 Å². The van der Waals surface area contributed by atoms with Crippen LogP contribution in [0, 0.1) is 6.92 Å². The van der Waals surface area contributed by atoms with Crippen molar-refractivity contribution in [2.24, 2.45) is 0 Å². The average molecular weight is 590 g/mol. The largest absolute Gasteiger partial charge is 0.309 e. The standard InChI is InChI=1S/C43H31N3/c1-3-4-22-36-29(2)31-18-8-12-23-37(31)45(36)42-27-35-34-21-11-13-24-38(34)44(30-16-6-5-7-17-30)41(35)28-43(42)46-39-25-14-9-19-32(39)33-20-10-15-26-40(33)46/h3-28H,1H2,2H3/b22-4-. The smallest absolute Gasteiger partial charge is 0.0724 e. The first-order valence-corrected chi connectivity index (χ1v) is 15.8. The molecule has 0 amide bonds. The highest BCUT2D eigenvalue weighted by Crippen LogP contribution is 2.41. The Kier molecular flexibility index (Phi) is 5.87. The van der Waals surface area contributed by atoms with Crippen LogP contribution in [0.4, 0.5) is 0 Å². The van der Waals surface area contributed by atoms with Crippen LogP contribution in [0.5, 0.6) is 0 Å². The van der Waals surface area contributed by atoms with Gasteiger partial charge in [-0.05, 0) is 67.1 Å². The second-order valence-corrected chi connectivity index (χ2v) is 11.9. The van der Waals surface area contributed by atoms with Gasteiger partial charge in [-0.1, -0.05) is 110 Å². The SMILES string of the molecule is C=C/C=C\c1c(C)c2ccccc2n1-c1cc2c3ccccc3n(-c3ccccc3)c2cc1-n1c2ccccc2c2ccccc21. The zero-order valence-electron chi connectivity index (χ0n) is 25.6. The molecule has 0 radical (unpaired) electrons. The summed E-state index contributed by atoms with van der Waals surface area (Å²) in [5.74, 6) is 0. The topological polar surface area (TPSA) is 14.8 Å². The van der Waals surface area contributed by atoms with Crippen LogP contribution in [0.3, 0.4) is 0 Å².